The fraction of sp³-hybridized carbons (Fsp3) is 0.255. The van der Waals surface area contributed by atoms with Crippen molar-refractivity contribution in [2.75, 3.05) is 0 Å². The molecule has 8 aromatic rings. The third-order valence-corrected chi connectivity index (χ3v) is 9.26. The average Bonchev–Trinajstić information content (AvgIpc) is 3.75. The molecule has 4 aromatic heterocycles. The van der Waals surface area contributed by atoms with Gasteiger partial charge in [0.1, 0.15) is 5.58 Å². The molecule has 271 valence electrons. The molecule has 6 heteroatoms. The third kappa shape index (κ3) is 7.36. The second-order valence-electron chi connectivity index (χ2n) is 14.8. The molecule has 0 atom stereocenters. The molecule has 1 radical (unpaired) electrons. The maximum absolute atomic E-state index is 7.28. The van der Waals surface area contributed by atoms with E-state index in [4.69, 9.17) is 22.6 Å². The SMILES string of the molecule is CC(C)c1cccc(C(C)C)c1-n1c(-c2[c-]ccc3c2oc2ccccc23)nc2c(C(C)(C)C)nccc21.[2H]C([2H])([2H])c1c[c-]c(-c2ccc(C([2H])([2H])[2H])cn2)cc1.[Ir]. The number of furan rings is 1. The Morgan fingerprint density at radius 1 is 0.774 bits per heavy atom. The number of fused-ring (bicyclic) bond motifs is 4. The van der Waals surface area contributed by atoms with Gasteiger partial charge < -0.3 is 14.0 Å². The molecule has 0 spiro atoms. The van der Waals surface area contributed by atoms with Crippen molar-refractivity contribution in [2.24, 2.45) is 0 Å². The zero-order valence-corrected chi connectivity index (χ0v) is 33.4. The molecule has 0 unspecified atom stereocenters. The number of aromatic nitrogens is 4. The van der Waals surface area contributed by atoms with Crippen LogP contribution in [-0.4, -0.2) is 19.5 Å². The van der Waals surface area contributed by atoms with Gasteiger partial charge in [0, 0.05) is 57.2 Å². The van der Waals surface area contributed by atoms with Gasteiger partial charge in [0.2, 0.25) is 0 Å². The molecule has 0 aliphatic heterocycles. The zero-order chi connectivity index (χ0) is 41.7. The molecule has 0 fully saturated rings. The summed E-state index contributed by atoms with van der Waals surface area (Å²) >= 11 is 0. The van der Waals surface area contributed by atoms with E-state index < -0.39 is 13.7 Å². The molecule has 4 aromatic carbocycles. The van der Waals surface area contributed by atoms with E-state index in [1.54, 1.807) is 12.1 Å². The second-order valence-corrected chi connectivity index (χ2v) is 14.8. The molecule has 0 saturated carbocycles. The van der Waals surface area contributed by atoms with Crippen LogP contribution in [0.4, 0.5) is 0 Å². The van der Waals surface area contributed by atoms with E-state index in [9.17, 15) is 0 Å². The van der Waals surface area contributed by atoms with Crippen molar-refractivity contribution in [3.05, 3.63) is 143 Å². The van der Waals surface area contributed by atoms with Gasteiger partial charge in [-0.1, -0.05) is 115 Å². The van der Waals surface area contributed by atoms with Crippen LogP contribution in [0, 0.1) is 25.8 Å². The summed E-state index contributed by atoms with van der Waals surface area (Å²) in [5.41, 5.74) is 10.7. The number of imidazole rings is 1. The topological polar surface area (TPSA) is 56.7 Å². The molecule has 0 aliphatic carbocycles. The van der Waals surface area contributed by atoms with E-state index in [0.29, 0.717) is 23.1 Å². The number of nitrogens with zero attached hydrogens (tertiary/aromatic N) is 4. The number of hydrogen-bond acceptors (Lipinski definition) is 4. The first-order chi connectivity index (χ1) is 27.3. The van der Waals surface area contributed by atoms with Crippen LogP contribution in [0.1, 0.15) is 96.5 Å². The summed E-state index contributed by atoms with van der Waals surface area (Å²) < 4.78 is 52.5. The van der Waals surface area contributed by atoms with Gasteiger partial charge in [0.25, 0.3) is 0 Å². The van der Waals surface area contributed by atoms with Gasteiger partial charge in [-0.25, -0.2) is 0 Å². The summed E-state index contributed by atoms with van der Waals surface area (Å²) in [6.45, 7) is 11.3. The monoisotopic (exact) mass is 881 g/mol. The van der Waals surface area contributed by atoms with Crippen molar-refractivity contribution in [3.8, 4) is 28.3 Å². The standard InChI is InChI=1S/C34H34N3O.C13H12N.Ir/c1-20(2)22-13-10-14-23(21(3)4)30(22)37-27-18-19-35-32(34(5,6)7)29(27)36-33(37)26-16-11-15-25-24-12-8-9-17-28(24)38-31(25)26;1-10-3-6-12(7-4-10)13-8-5-11(2)9-14-13;/h8-15,17-21H,1-7H3;3-6,8-9H,1-2H3;/q2*-1;/i;1D3,2D3;. The molecule has 0 N–H and O–H groups in total. The van der Waals surface area contributed by atoms with E-state index >= 15 is 0 Å². The molecular formula is C47H46IrN4O-2. The Balaban J connectivity index is 0.000000236. The van der Waals surface area contributed by atoms with Crippen LogP contribution >= 0.6 is 0 Å². The maximum Gasteiger partial charge on any atom is 0.120 e. The van der Waals surface area contributed by atoms with Gasteiger partial charge in [0.05, 0.1) is 28.1 Å². The van der Waals surface area contributed by atoms with Crippen LogP contribution < -0.4 is 0 Å². The van der Waals surface area contributed by atoms with Crippen LogP contribution in [0.3, 0.4) is 0 Å². The van der Waals surface area contributed by atoms with Gasteiger partial charge in [-0.3, -0.25) is 9.97 Å². The number of pyridine rings is 2. The summed E-state index contributed by atoms with van der Waals surface area (Å²) in [5, 5.41) is 2.17. The van der Waals surface area contributed by atoms with Crippen molar-refractivity contribution in [1.29, 1.82) is 0 Å². The minimum Gasteiger partial charge on any atom is -0.501 e. The molecular weight excluding hydrogens is 829 g/mol. The first-order valence-corrected chi connectivity index (χ1v) is 17.7. The van der Waals surface area contributed by atoms with E-state index in [0.717, 1.165) is 50.1 Å². The normalized spacial score (nSPS) is 13.8. The Hall–Kier alpha value is -4.90. The second kappa shape index (κ2) is 15.2. The molecule has 53 heavy (non-hydrogen) atoms. The molecule has 0 bridgehead atoms. The summed E-state index contributed by atoms with van der Waals surface area (Å²) in [4.78, 5) is 14.3. The fourth-order valence-corrected chi connectivity index (χ4v) is 6.71. The minimum atomic E-state index is -2.18. The zero-order valence-electron chi connectivity index (χ0n) is 37.0. The summed E-state index contributed by atoms with van der Waals surface area (Å²) in [6, 6.07) is 35.0. The Morgan fingerprint density at radius 3 is 2.15 bits per heavy atom. The quantitative estimate of drug-likeness (QED) is 0.162. The van der Waals surface area contributed by atoms with Crippen LogP contribution in [0.15, 0.2) is 108 Å². The van der Waals surface area contributed by atoms with Crippen molar-refractivity contribution in [1.82, 2.24) is 19.5 Å². The molecule has 0 amide bonds. The Labute approximate surface area is 335 Å². The molecule has 0 aliphatic rings. The van der Waals surface area contributed by atoms with Gasteiger partial charge in [-0.2, -0.15) is 0 Å². The largest absolute Gasteiger partial charge is 0.501 e. The van der Waals surface area contributed by atoms with E-state index in [1.807, 2.05) is 24.4 Å². The first kappa shape index (κ1) is 30.5. The minimum absolute atomic E-state index is 0. The van der Waals surface area contributed by atoms with E-state index in [-0.39, 0.29) is 36.6 Å². The van der Waals surface area contributed by atoms with Gasteiger partial charge in [0.15, 0.2) is 0 Å². The number of rotatable bonds is 5. The van der Waals surface area contributed by atoms with Crippen LogP contribution in [0.5, 0.6) is 0 Å². The maximum atomic E-state index is 7.28. The number of aryl methyl sites for hydroxylation is 2. The third-order valence-electron chi connectivity index (χ3n) is 9.26. The molecule has 0 saturated heterocycles. The summed E-state index contributed by atoms with van der Waals surface area (Å²) in [5.74, 6) is 1.51. The number of para-hydroxylation sites is 2. The predicted octanol–water partition coefficient (Wildman–Crippen LogP) is 12.5. The van der Waals surface area contributed by atoms with Gasteiger partial charge in [-0.05, 0) is 53.2 Å². The van der Waals surface area contributed by atoms with Crippen molar-refractivity contribution >= 4 is 33.0 Å². The van der Waals surface area contributed by atoms with Crippen LogP contribution in [0.2, 0.25) is 0 Å². The number of benzene rings is 4. The molecule has 8 rings (SSSR count). The van der Waals surface area contributed by atoms with Crippen molar-refractivity contribution in [2.45, 2.75) is 79.4 Å². The predicted molar refractivity (Wildman–Crippen MR) is 215 cm³/mol. The Morgan fingerprint density at radius 2 is 1.51 bits per heavy atom. The average molecular weight is 881 g/mol. The Bertz CT molecular complexity index is 2660. The molecule has 5 nitrogen and oxygen atoms in total. The summed E-state index contributed by atoms with van der Waals surface area (Å²) in [7, 11) is 0. The Kier molecular flexibility index (Phi) is 8.77. The van der Waals surface area contributed by atoms with E-state index in [1.165, 1.54) is 41.2 Å². The smallest absolute Gasteiger partial charge is 0.120 e. The molecule has 4 heterocycles. The van der Waals surface area contributed by atoms with Crippen LogP contribution in [-0.2, 0) is 25.5 Å². The van der Waals surface area contributed by atoms with E-state index in [2.05, 4.69) is 113 Å². The van der Waals surface area contributed by atoms with Gasteiger partial charge >= 0.3 is 0 Å². The fourth-order valence-electron chi connectivity index (χ4n) is 6.71. The van der Waals surface area contributed by atoms with Gasteiger partial charge in [-0.15, -0.1) is 53.6 Å². The number of hydrogen-bond donors (Lipinski definition) is 0. The van der Waals surface area contributed by atoms with Crippen molar-refractivity contribution < 1.29 is 32.7 Å². The first-order valence-electron chi connectivity index (χ1n) is 20.7. The van der Waals surface area contributed by atoms with Crippen molar-refractivity contribution in [3.63, 3.8) is 0 Å². The van der Waals surface area contributed by atoms with Crippen LogP contribution in [0.25, 0.3) is 61.3 Å². The summed E-state index contributed by atoms with van der Waals surface area (Å²) in [6.07, 6.45) is 3.22.